The summed E-state index contributed by atoms with van der Waals surface area (Å²) in [6.45, 7) is 7.01. The number of nitro groups is 1. The molecule has 8 nitrogen and oxygen atoms in total. The Morgan fingerprint density at radius 1 is 1.28 bits per heavy atom. The van der Waals surface area contributed by atoms with Crippen LogP contribution in [0.3, 0.4) is 0 Å². The molecule has 202 valence electrons. The van der Waals surface area contributed by atoms with Crippen molar-refractivity contribution in [1.29, 1.82) is 0 Å². The van der Waals surface area contributed by atoms with E-state index in [4.69, 9.17) is 8.83 Å². The third-order valence-corrected chi connectivity index (χ3v) is 8.23. The number of thiophene rings is 1. The van der Waals surface area contributed by atoms with Crippen LogP contribution in [0.4, 0.5) is 15.1 Å². The number of nitrogens with zero attached hydrogens (tertiary/aromatic N) is 2. The number of rotatable bonds is 7. The van der Waals surface area contributed by atoms with Crippen molar-refractivity contribution in [2.24, 2.45) is 16.3 Å². The van der Waals surface area contributed by atoms with Gasteiger partial charge in [0, 0.05) is 16.5 Å². The van der Waals surface area contributed by atoms with Crippen molar-refractivity contribution in [3.63, 3.8) is 0 Å². The predicted octanol–water partition coefficient (Wildman–Crippen LogP) is 7.48. The summed E-state index contributed by atoms with van der Waals surface area (Å²) < 4.78 is 24.9. The summed E-state index contributed by atoms with van der Waals surface area (Å²) >= 11 is 1.52. The summed E-state index contributed by atoms with van der Waals surface area (Å²) in [7, 11) is 0. The van der Waals surface area contributed by atoms with Gasteiger partial charge in [0.25, 0.3) is 5.91 Å². The third kappa shape index (κ3) is 5.70. The van der Waals surface area contributed by atoms with E-state index < -0.39 is 16.4 Å². The van der Waals surface area contributed by atoms with Crippen LogP contribution >= 0.6 is 11.3 Å². The van der Waals surface area contributed by atoms with Gasteiger partial charge in [-0.3, -0.25) is 14.9 Å². The molecule has 1 aliphatic rings. The number of amides is 1. The monoisotopic (exact) mass is 549 g/mol. The Morgan fingerprint density at radius 2 is 2.10 bits per heavy atom. The molecule has 10 heteroatoms. The maximum absolute atomic E-state index is 13.7. The average molecular weight is 550 g/mol. The average Bonchev–Trinajstić information content (AvgIpc) is 3.65. The van der Waals surface area contributed by atoms with Crippen molar-refractivity contribution in [1.82, 2.24) is 5.32 Å². The zero-order valence-electron chi connectivity index (χ0n) is 21.8. The second-order valence-corrected chi connectivity index (χ2v) is 11.7. The molecule has 0 aliphatic heterocycles. The Morgan fingerprint density at radius 3 is 2.82 bits per heavy atom. The van der Waals surface area contributed by atoms with Crippen LogP contribution in [0.1, 0.15) is 59.5 Å². The number of hydrogen-bond acceptors (Lipinski definition) is 7. The predicted molar refractivity (Wildman–Crippen MR) is 147 cm³/mol. The zero-order chi connectivity index (χ0) is 27.7. The van der Waals surface area contributed by atoms with E-state index in [0.717, 1.165) is 37.0 Å². The lowest BCUT2D eigenvalue weighted by atomic mass is 9.72. The topological polar surface area (TPSA) is 111 Å². The molecular weight excluding hydrogens is 521 g/mol. The van der Waals surface area contributed by atoms with Crippen molar-refractivity contribution in [3.05, 3.63) is 92.2 Å². The van der Waals surface area contributed by atoms with Crippen LogP contribution in [0.25, 0.3) is 11.3 Å². The van der Waals surface area contributed by atoms with Gasteiger partial charge in [-0.05, 0) is 72.6 Å². The number of nitro benzene ring substituents is 1. The lowest BCUT2D eigenvalue weighted by Gasteiger charge is -2.33. The van der Waals surface area contributed by atoms with E-state index in [1.54, 1.807) is 30.5 Å². The fourth-order valence-corrected chi connectivity index (χ4v) is 6.08. The molecule has 5 rings (SSSR count). The van der Waals surface area contributed by atoms with Crippen LogP contribution < -0.4 is 5.32 Å². The number of hydrogen-bond donors (Lipinski definition) is 1. The fraction of sp³-hybridized carbons (Fsp3) is 0.310. The molecule has 0 saturated heterocycles. The van der Waals surface area contributed by atoms with E-state index in [9.17, 15) is 19.3 Å². The Balaban J connectivity index is 1.43. The minimum Gasteiger partial charge on any atom is -0.467 e. The van der Waals surface area contributed by atoms with Gasteiger partial charge in [0.1, 0.15) is 22.3 Å². The highest BCUT2D eigenvalue weighted by atomic mass is 32.1. The number of carbonyl (C=O) groups excluding carboxylic acids is 1. The second-order valence-electron chi connectivity index (χ2n) is 10.6. The summed E-state index contributed by atoms with van der Waals surface area (Å²) in [6.07, 6.45) is 5.80. The van der Waals surface area contributed by atoms with E-state index in [2.05, 4.69) is 31.1 Å². The SMILES string of the molecule is CC(C)(C)[C@@H]1CCc2c(sc(N=Cc3ccc(-c4ccc(F)c([N+](=O)[O-])c4)o3)c2C(=O)NCc2ccco2)C1. The van der Waals surface area contributed by atoms with E-state index >= 15 is 0 Å². The maximum Gasteiger partial charge on any atom is 0.305 e. The molecule has 0 spiro atoms. The van der Waals surface area contributed by atoms with E-state index in [-0.39, 0.29) is 17.9 Å². The molecule has 0 fully saturated rings. The van der Waals surface area contributed by atoms with Crippen molar-refractivity contribution < 1.29 is 22.9 Å². The third-order valence-electron chi connectivity index (χ3n) is 7.06. The highest BCUT2D eigenvalue weighted by molar-refractivity contribution is 7.16. The maximum atomic E-state index is 13.7. The molecule has 1 aliphatic carbocycles. The zero-order valence-corrected chi connectivity index (χ0v) is 22.6. The molecule has 0 bridgehead atoms. The van der Waals surface area contributed by atoms with Crippen LogP contribution in [0.5, 0.6) is 0 Å². The van der Waals surface area contributed by atoms with Gasteiger partial charge in [-0.15, -0.1) is 11.3 Å². The molecule has 3 aromatic heterocycles. The highest BCUT2D eigenvalue weighted by Crippen LogP contribution is 2.45. The first-order valence-corrected chi connectivity index (χ1v) is 13.4. The van der Waals surface area contributed by atoms with Gasteiger partial charge >= 0.3 is 5.69 Å². The first-order chi connectivity index (χ1) is 18.6. The lowest BCUT2D eigenvalue weighted by Crippen LogP contribution is -2.28. The van der Waals surface area contributed by atoms with Crippen molar-refractivity contribution >= 4 is 34.1 Å². The first-order valence-electron chi connectivity index (χ1n) is 12.6. The number of furan rings is 2. The number of carbonyl (C=O) groups is 1. The number of aliphatic imine (C=N–C) groups is 1. The summed E-state index contributed by atoms with van der Waals surface area (Å²) in [5.41, 5.74) is 1.53. The van der Waals surface area contributed by atoms with Gasteiger partial charge < -0.3 is 14.2 Å². The number of nitrogens with one attached hydrogen (secondary N) is 1. The molecular formula is C29H28FN3O5S. The van der Waals surface area contributed by atoms with Crippen LogP contribution in [0.15, 0.2) is 62.6 Å². The highest BCUT2D eigenvalue weighted by Gasteiger charge is 2.33. The Labute approximate surface area is 228 Å². The Hall–Kier alpha value is -4.05. The smallest absolute Gasteiger partial charge is 0.305 e. The molecule has 1 atom stereocenters. The van der Waals surface area contributed by atoms with Gasteiger partial charge in [0.2, 0.25) is 5.82 Å². The molecule has 0 unspecified atom stereocenters. The van der Waals surface area contributed by atoms with Crippen LogP contribution in [0.2, 0.25) is 0 Å². The van der Waals surface area contributed by atoms with Crippen molar-refractivity contribution in [3.8, 4) is 11.3 Å². The second kappa shape index (κ2) is 10.6. The van der Waals surface area contributed by atoms with E-state index in [1.165, 1.54) is 28.5 Å². The Kier molecular flexibility index (Phi) is 7.22. The number of benzene rings is 1. The van der Waals surface area contributed by atoms with E-state index in [0.29, 0.717) is 39.3 Å². The normalized spacial score (nSPS) is 15.4. The minimum atomic E-state index is -0.912. The minimum absolute atomic E-state index is 0.160. The standard InChI is InChI=1S/C29H28FN3O5S/c1-29(2,3)18-7-9-21-25(14-18)39-28(26(21)27(34)31-15-19-5-4-12-37-19)32-16-20-8-11-24(38-20)17-6-10-22(30)23(13-17)33(35)36/h4-6,8,10-13,16,18H,7,9,14-15H2,1-3H3,(H,31,34)/t18-/m1/s1. The quantitative estimate of drug-likeness (QED) is 0.146. The van der Waals surface area contributed by atoms with Gasteiger partial charge in [-0.25, -0.2) is 4.99 Å². The summed E-state index contributed by atoms with van der Waals surface area (Å²) in [5.74, 6) is 0.794. The van der Waals surface area contributed by atoms with Crippen molar-refractivity contribution in [2.75, 3.05) is 0 Å². The van der Waals surface area contributed by atoms with Gasteiger partial charge in [-0.2, -0.15) is 4.39 Å². The molecule has 39 heavy (non-hydrogen) atoms. The molecule has 3 heterocycles. The summed E-state index contributed by atoms with van der Waals surface area (Å²) in [5, 5.41) is 14.7. The number of halogens is 1. The van der Waals surface area contributed by atoms with Crippen LogP contribution in [-0.2, 0) is 19.4 Å². The van der Waals surface area contributed by atoms with E-state index in [1.807, 2.05) is 0 Å². The molecule has 0 radical (unpaired) electrons. The Bertz CT molecular complexity index is 1550. The van der Waals surface area contributed by atoms with Crippen LogP contribution in [-0.4, -0.2) is 17.0 Å². The summed E-state index contributed by atoms with van der Waals surface area (Å²) in [4.78, 5) is 29.5. The van der Waals surface area contributed by atoms with Crippen molar-refractivity contribution in [2.45, 2.75) is 46.6 Å². The number of fused-ring (bicyclic) bond motifs is 1. The van der Waals surface area contributed by atoms with Crippen LogP contribution in [0, 0.1) is 27.3 Å². The lowest BCUT2D eigenvalue weighted by molar-refractivity contribution is -0.387. The molecule has 1 amide bonds. The summed E-state index contributed by atoms with van der Waals surface area (Å²) in [6, 6.07) is 10.5. The first kappa shape index (κ1) is 26.6. The largest absolute Gasteiger partial charge is 0.467 e. The molecule has 1 aromatic carbocycles. The fourth-order valence-electron chi connectivity index (χ4n) is 4.81. The van der Waals surface area contributed by atoms with Gasteiger partial charge in [0.05, 0.1) is 29.5 Å². The molecule has 1 N–H and O–H groups in total. The van der Waals surface area contributed by atoms with Gasteiger partial charge in [-0.1, -0.05) is 20.8 Å². The molecule has 0 saturated carbocycles. The molecule has 4 aromatic rings. The van der Waals surface area contributed by atoms with Gasteiger partial charge in [0.15, 0.2) is 0 Å².